The van der Waals surface area contributed by atoms with Gasteiger partial charge >= 0.3 is 0 Å². The molecule has 0 unspecified atom stereocenters. The third kappa shape index (κ3) is 5.91. The van der Waals surface area contributed by atoms with E-state index in [-0.39, 0.29) is 23.5 Å². The van der Waals surface area contributed by atoms with E-state index in [1.165, 1.54) is 17.7 Å². The first-order valence-electron chi connectivity index (χ1n) is 9.95. The summed E-state index contributed by atoms with van der Waals surface area (Å²) in [6.07, 6.45) is 3.26. The van der Waals surface area contributed by atoms with Crippen molar-refractivity contribution in [3.63, 3.8) is 0 Å². The normalized spacial score (nSPS) is 14.7. The van der Waals surface area contributed by atoms with Crippen LogP contribution in [0.4, 0.5) is 4.39 Å². The number of rotatable bonds is 7. The Morgan fingerprint density at radius 1 is 0.964 bits per heavy atom. The summed E-state index contributed by atoms with van der Waals surface area (Å²) in [5.74, 6) is -0.111. The number of likely N-dealkylation sites (tertiary alicyclic amines) is 1. The molecule has 2 aromatic carbocycles. The number of carbonyl (C=O) groups excluding carboxylic acids is 2. The van der Waals surface area contributed by atoms with Crippen LogP contribution in [0.15, 0.2) is 54.6 Å². The zero-order chi connectivity index (χ0) is 19.8. The fraction of sp³-hybridized carbons (Fsp3) is 0.391. The molecule has 0 radical (unpaired) electrons. The highest BCUT2D eigenvalue weighted by Gasteiger charge is 2.26. The number of halogens is 1. The molecule has 28 heavy (non-hydrogen) atoms. The van der Waals surface area contributed by atoms with Crippen molar-refractivity contribution in [3.8, 4) is 0 Å². The van der Waals surface area contributed by atoms with Crippen molar-refractivity contribution in [3.05, 3.63) is 71.5 Å². The number of nitrogens with zero attached hydrogens (tertiary/aromatic N) is 1. The minimum Gasteiger partial charge on any atom is -0.356 e. The molecule has 3 rings (SSSR count). The van der Waals surface area contributed by atoms with E-state index in [0.29, 0.717) is 45.3 Å². The molecule has 0 aliphatic carbocycles. The maximum atomic E-state index is 13.2. The number of benzene rings is 2. The maximum absolute atomic E-state index is 13.2. The number of aryl methyl sites for hydroxylation is 1. The minimum absolute atomic E-state index is 0.0350. The van der Waals surface area contributed by atoms with Gasteiger partial charge in [0.25, 0.3) is 0 Å². The first-order valence-corrected chi connectivity index (χ1v) is 9.95. The Bertz CT molecular complexity index is 786. The largest absolute Gasteiger partial charge is 0.356 e. The van der Waals surface area contributed by atoms with E-state index in [1.54, 1.807) is 6.07 Å². The van der Waals surface area contributed by atoms with Crippen molar-refractivity contribution in [1.29, 1.82) is 0 Å². The SMILES string of the molecule is O=C(NCCc1cccc(F)c1)C1CCN(C(=O)CCc2ccccc2)CC1. The molecule has 0 spiro atoms. The molecule has 1 fully saturated rings. The minimum atomic E-state index is -0.256. The zero-order valence-corrected chi connectivity index (χ0v) is 16.1. The molecule has 2 amide bonds. The molecule has 0 bridgehead atoms. The molecule has 1 aliphatic rings. The van der Waals surface area contributed by atoms with E-state index in [4.69, 9.17) is 0 Å². The number of carbonyl (C=O) groups is 2. The van der Waals surface area contributed by atoms with Crippen LogP contribution in [-0.2, 0) is 22.4 Å². The number of amides is 2. The first kappa shape index (κ1) is 20.1. The van der Waals surface area contributed by atoms with Crippen molar-refractivity contribution in [2.24, 2.45) is 5.92 Å². The Morgan fingerprint density at radius 2 is 1.68 bits per heavy atom. The van der Waals surface area contributed by atoms with Gasteiger partial charge in [0.15, 0.2) is 0 Å². The van der Waals surface area contributed by atoms with Gasteiger partial charge in [-0.2, -0.15) is 0 Å². The highest BCUT2D eigenvalue weighted by molar-refractivity contribution is 5.80. The highest BCUT2D eigenvalue weighted by atomic mass is 19.1. The fourth-order valence-electron chi connectivity index (χ4n) is 3.61. The summed E-state index contributed by atoms with van der Waals surface area (Å²) in [6, 6.07) is 16.4. The third-order valence-electron chi connectivity index (χ3n) is 5.29. The van der Waals surface area contributed by atoms with Crippen LogP contribution in [-0.4, -0.2) is 36.3 Å². The zero-order valence-electron chi connectivity index (χ0n) is 16.1. The summed E-state index contributed by atoms with van der Waals surface area (Å²) in [5.41, 5.74) is 2.04. The predicted molar refractivity (Wildman–Crippen MR) is 107 cm³/mol. The summed E-state index contributed by atoms with van der Waals surface area (Å²) in [7, 11) is 0. The van der Waals surface area contributed by atoms with Crippen molar-refractivity contribution in [2.45, 2.75) is 32.1 Å². The van der Waals surface area contributed by atoms with Gasteiger partial charge in [0, 0.05) is 32.0 Å². The molecule has 1 aliphatic heterocycles. The molecule has 0 atom stereocenters. The van der Waals surface area contributed by atoms with Crippen LogP contribution in [0.2, 0.25) is 0 Å². The third-order valence-corrected chi connectivity index (χ3v) is 5.29. The van der Waals surface area contributed by atoms with Crippen LogP contribution >= 0.6 is 0 Å². The molecule has 0 saturated carbocycles. The Hall–Kier alpha value is -2.69. The number of hydrogen-bond acceptors (Lipinski definition) is 2. The number of nitrogens with one attached hydrogen (secondary N) is 1. The van der Waals surface area contributed by atoms with Gasteiger partial charge in [-0.1, -0.05) is 42.5 Å². The van der Waals surface area contributed by atoms with E-state index in [1.807, 2.05) is 41.3 Å². The van der Waals surface area contributed by atoms with Gasteiger partial charge in [-0.25, -0.2) is 4.39 Å². The van der Waals surface area contributed by atoms with E-state index in [0.717, 1.165) is 12.0 Å². The number of piperidine rings is 1. The Labute approximate surface area is 165 Å². The van der Waals surface area contributed by atoms with Crippen molar-refractivity contribution < 1.29 is 14.0 Å². The average molecular weight is 382 g/mol. The number of hydrogen-bond donors (Lipinski definition) is 1. The van der Waals surface area contributed by atoms with Gasteiger partial charge in [0.1, 0.15) is 5.82 Å². The van der Waals surface area contributed by atoms with Crippen LogP contribution in [0.1, 0.15) is 30.4 Å². The van der Waals surface area contributed by atoms with Crippen LogP contribution in [0.5, 0.6) is 0 Å². The highest BCUT2D eigenvalue weighted by Crippen LogP contribution is 2.18. The Balaban J connectivity index is 1.35. The molecular weight excluding hydrogens is 355 g/mol. The molecule has 2 aromatic rings. The van der Waals surface area contributed by atoms with Crippen LogP contribution in [0.3, 0.4) is 0 Å². The van der Waals surface area contributed by atoms with Gasteiger partial charge in [-0.3, -0.25) is 9.59 Å². The Morgan fingerprint density at radius 3 is 2.39 bits per heavy atom. The van der Waals surface area contributed by atoms with Crippen molar-refractivity contribution >= 4 is 11.8 Å². The molecular formula is C23H27FN2O2. The lowest BCUT2D eigenvalue weighted by Crippen LogP contribution is -2.43. The second-order valence-electron chi connectivity index (χ2n) is 7.31. The Kier molecular flexibility index (Phi) is 7.18. The molecule has 0 aromatic heterocycles. The van der Waals surface area contributed by atoms with Gasteiger partial charge < -0.3 is 10.2 Å². The maximum Gasteiger partial charge on any atom is 0.223 e. The van der Waals surface area contributed by atoms with Crippen molar-refractivity contribution in [1.82, 2.24) is 10.2 Å². The summed E-state index contributed by atoms with van der Waals surface area (Å²) >= 11 is 0. The standard InChI is InChI=1S/C23H27FN2O2/c24-21-8-4-7-19(17-21)11-14-25-23(28)20-12-15-26(16-13-20)22(27)10-9-18-5-2-1-3-6-18/h1-8,17,20H,9-16H2,(H,25,28). The lowest BCUT2D eigenvalue weighted by atomic mass is 9.95. The lowest BCUT2D eigenvalue weighted by Gasteiger charge is -2.31. The van der Waals surface area contributed by atoms with Crippen LogP contribution in [0, 0.1) is 11.7 Å². The van der Waals surface area contributed by atoms with E-state index < -0.39 is 0 Å². The molecule has 5 heteroatoms. The van der Waals surface area contributed by atoms with E-state index in [9.17, 15) is 14.0 Å². The summed E-state index contributed by atoms with van der Waals surface area (Å²) in [6.45, 7) is 1.77. The smallest absolute Gasteiger partial charge is 0.223 e. The summed E-state index contributed by atoms with van der Waals surface area (Å²) in [5, 5.41) is 2.95. The van der Waals surface area contributed by atoms with E-state index >= 15 is 0 Å². The topological polar surface area (TPSA) is 49.4 Å². The fourth-order valence-corrected chi connectivity index (χ4v) is 3.61. The first-order chi connectivity index (χ1) is 13.6. The van der Waals surface area contributed by atoms with Crippen LogP contribution < -0.4 is 5.32 Å². The molecule has 4 nitrogen and oxygen atoms in total. The predicted octanol–water partition coefficient (Wildman–Crippen LogP) is 3.36. The second-order valence-corrected chi connectivity index (χ2v) is 7.31. The summed E-state index contributed by atoms with van der Waals surface area (Å²) in [4.78, 5) is 26.6. The van der Waals surface area contributed by atoms with E-state index in [2.05, 4.69) is 5.32 Å². The quantitative estimate of drug-likeness (QED) is 0.798. The van der Waals surface area contributed by atoms with Gasteiger partial charge in [0.2, 0.25) is 11.8 Å². The molecule has 1 N–H and O–H groups in total. The monoisotopic (exact) mass is 382 g/mol. The molecule has 1 saturated heterocycles. The summed E-state index contributed by atoms with van der Waals surface area (Å²) < 4.78 is 13.2. The van der Waals surface area contributed by atoms with Gasteiger partial charge in [-0.05, 0) is 48.9 Å². The van der Waals surface area contributed by atoms with Crippen LogP contribution in [0.25, 0.3) is 0 Å². The average Bonchev–Trinajstić information content (AvgIpc) is 2.73. The van der Waals surface area contributed by atoms with Gasteiger partial charge in [0.05, 0.1) is 0 Å². The van der Waals surface area contributed by atoms with Gasteiger partial charge in [-0.15, -0.1) is 0 Å². The molecule has 1 heterocycles. The van der Waals surface area contributed by atoms with Crippen molar-refractivity contribution in [2.75, 3.05) is 19.6 Å². The second kappa shape index (κ2) is 10.0. The molecule has 148 valence electrons. The lowest BCUT2D eigenvalue weighted by molar-refractivity contribution is -0.135.